The molecule has 1 heterocycles. The second-order valence-corrected chi connectivity index (χ2v) is 10.2. The van der Waals surface area contributed by atoms with Crippen molar-refractivity contribution in [3.63, 3.8) is 0 Å². The summed E-state index contributed by atoms with van der Waals surface area (Å²) < 4.78 is 13.3. The summed E-state index contributed by atoms with van der Waals surface area (Å²) in [7, 11) is 0. The molecule has 7 heteroatoms. The Bertz CT molecular complexity index is 951. The van der Waals surface area contributed by atoms with E-state index < -0.39 is 0 Å². The van der Waals surface area contributed by atoms with Gasteiger partial charge in [0, 0.05) is 52.2 Å². The first-order chi connectivity index (χ1) is 15.6. The minimum absolute atomic E-state index is 0.0430. The Morgan fingerprint density at radius 1 is 1.00 bits per heavy atom. The number of carbonyl (C=O) groups is 2. The fraction of sp³-hybridized carbons (Fsp3) is 0.462. The highest BCUT2D eigenvalue weighted by molar-refractivity contribution is 6.33. The van der Waals surface area contributed by atoms with Gasteiger partial charge in [-0.15, -0.1) is 0 Å². The van der Waals surface area contributed by atoms with Crippen LogP contribution in [0.2, 0.25) is 5.02 Å². The van der Waals surface area contributed by atoms with Gasteiger partial charge in [0.05, 0.1) is 10.6 Å². The summed E-state index contributed by atoms with van der Waals surface area (Å²) in [5.74, 6) is -0.228. The van der Waals surface area contributed by atoms with Crippen LogP contribution in [0.25, 0.3) is 0 Å². The number of carbonyl (C=O) groups excluding carboxylic acids is 2. The van der Waals surface area contributed by atoms with Crippen molar-refractivity contribution in [1.82, 2.24) is 14.7 Å². The lowest BCUT2D eigenvalue weighted by Crippen LogP contribution is -2.50. The third-order valence-corrected chi connectivity index (χ3v) is 6.10. The molecular formula is C26H33ClFN3O2. The lowest BCUT2D eigenvalue weighted by molar-refractivity contribution is -0.134. The van der Waals surface area contributed by atoms with Crippen molar-refractivity contribution in [3.8, 4) is 0 Å². The van der Waals surface area contributed by atoms with Crippen LogP contribution in [0.5, 0.6) is 0 Å². The molecular weight excluding hydrogens is 441 g/mol. The molecule has 5 nitrogen and oxygen atoms in total. The molecule has 0 radical (unpaired) electrons. The van der Waals surface area contributed by atoms with Crippen LogP contribution >= 0.6 is 11.6 Å². The average molecular weight is 474 g/mol. The average Bonchev–Trinajstić information content (AvgIpc) is 2.77. The van der Waals surface area contributed by atoms with E-state index >= 15 is 0 Å². The molecule has 0 aromatic heterocycles. The van der Waals surface area contributed by atoms with Crippen molar-refractivity contribution in [1.29, 1.82) is 0 Å². The zero-order valence-corrected chi connectivity index (χ0v) is 20.4. The predicted octanol–water partition coefficient (Wildman–Crippen LogP) is 4.70. The molecule has 0 aliphatic carbocycles. The van der Waals surface area contributed by atoms with Gasteiger partial charge in [-0.05, 0) is 35.2 Å². The zero-order chi connectivity index (χ0) is 24.0. The van der Waals surface area contributed by atoms with Crippen LogP contribution in [0.15, 0.2) is 48.5 Å². The summed E-state index contributed by atoms with van der Waals surface area (Å²) in [6.45, 7) is 10.7. The van der Waals surface area contributed by atoms with Crippen molar-refractivity contribution in [3.05, 3.63) is 70.5 Å². The Hall–Kier alpha value is -2.44. The maximum Gasteiger partial charge on any atom is 0.255 e. The first kappa shape index (κ1) is 25.2. The summed E-state index contributed by atoms with van der Waals surface area (Å²) in [6.07, 6.45) is 0.453. The van der Waals surface area contributed by atoms with Crippen molar-refractivity contribution in [2.45, 2.75) is 33.7 Å². The van der Waals surface area contributed by atoms with E-state index in [2.05, 4.69) is 25.7 Å². The molecule has 1 aliphatic rings. The van der Waals surface area contributed by atoms with Crippen LogP contribution in [0, 0.1) is 11.2 Å². The van der Waals surface area contributed by atoms with Crippen molar-refractivity contribution >= 4 is 23.4 Å². The number of rotatable bonds is 7. The van der Waals surface area contributed by atoms with Gasteiger partial charge in [0.2, 0.25) is 5.91 Å². The van der Waals surface area contributed by atoms with Gasteiger partial charge in [-0.25, -0.2) is 4.39 Å². The highest BCUT2D eigenvalue weighted by Gasteiger charge is 2.25. The number of halogens is 2. The summed E-state index contributed by atoms with van der Waals surface area (Å²) in [5.41, 5.74) is 1.34. The van der Waals surface area contributed by atoms with E-state index in [9.17, 15) is 14.0 Å². The standard InChI is InChI=1S/C26H33ClFN3O2/c1-26(2,3)18-24(32)31(19-20-8-10-21(28)11-9-20)17-14-29-12-15-30(16-13-29)25(33)22-6-4-5-7-23(22)27/h4-11H,12-19H2,1-3H3. The predicted molar refractivity (Wildman–Crippen MR) is 130 cm³/mol. The molecule has 2 amide bonds. The van der Waals surface area contributed by atoms with E-state index in [0.29, 0.717) is 43.2 Å². The fourth-order valence-electron chi connectivity index (χ4n) is 3.91. The number of piperazine rings is 1. The van der Waals surface area contributed by atoms with Crippen LogP contribution in [0.1, 0.15) is 43.1 Å². The van der Waals surface area contributed by atoms with E-state index in [1.807, 2.05) is 21.9 Å². The second kappa shape index (κ2) is 11.1. The number of hydrogen-bond acceptors (Lipinski definition) is 3. The lowest BCUT2D eigenvalue weighted by Gasteiger charge is -2.36. The van der Waals surface area contributed by atoms with E-state index in [1.165, 1.54) is 12.1 Å². The van der Waals surface area contributed by atoms with E-state index in [-0.39, 0.29) is 23.0 Å². The second-order valence-electron chi connectivity index (χ2n) is 9.79. The summed E-state index contributed by atoms with van der Waals surface area (Å²) in [4.78, 5) is 31.8. The molecule has 0 bridgehead atoms. The Labute approximate surface area is 201 Å². The molecule has 1 saturated heterocycles. The molecule has 3 rings (SSSR count). The quantitative estimate of drug-likeness (QED) is 0.585. The molecule has 0 atom stereocenters. The summed E-state index contributed by atoms with van der Waals surface area (Å²) in [5, 5.41) is 0.471. The van der Waals surface area contributed by atoms with Gasteiger partial charge in [-0.3, -0.25) is 14.5 Å². The van der Waals surface area contributed by atoms with Gasteiger partial charge in [-0.2, -0.15) is 0 Å². The van der Waals surface area contributed by atoms with Crippen LogP contribution in [0.3, 0.4) is 0 Å². The monoisotopic (exact) mass is 473 g/mol. The van der Waals surface area contributed by atoms with E-state index in [4.69, 9.17) is 11.6 Å². The van der Waals surface area contributed by atoms with Gasteiger partial charge < -0.3 is 9.80 Å². The fourth-order valence-corrected chi connectivity index (χ4v) is 4.13. The lowest BCUT2D eigenvalue weighted by atomic mass is 9.91. The summed E-state index contributed by atoms with van der Waals surface area (Å²) in [6, 6.07) is 13.4. The molecule has 2 aromatic rings. The molecule has 178 valence electrons. The topological polar surface area (TPSA) is 43.9 Å². The Morgan fingerprint density at radius 3 is 2.24 bits per heavy atom. The largest absolute Gasteiger partial charge is 0.337 e. The van der Waals surface area contributed by atoms with Gasteiger partial charge in [-0.1, -0.05) is 56.6 Å². The van der Waals surface area contributed by atoms with Gasteiger partial charge >= 0.3 is 0 Å². The van der Waals surface area contributed by atoms with Crippen LogP contribution in [-0.2, 0) is 11.3 Å². The Balaban J connectivity index is 1.56. The first-order valence-electron chi connectivity index (χ1n) is 11.4. The zero-order valence-electron chi connectivity index (χ0n) is 19.7. The molecule has 0 N–H and O–H groups in total. The minimum Gasteiger partial charge on any atom is -0.337 e. The minimum atomic E-state index is -0.282. The third-order valence-electron chi connectivity index (χ3n) is 5.77. The smallest absolute Gasteiger partial charge is 0.255 e. The maximum absolute atomic E-state index is 13.3. The number of benzene rings is 2. The Kier molecular flexibility index (Phi) is 8.49. The Morgan fingerprint density at radius 2 is 1.64 bits per heavy atom. The molecule has 0 saturated carbocycles. The van der Waals surface area contributed by atoms with Crippen molar-refractivity contribution < 1.29 is 14.0 Å². The SMILES string of the molecule is CC(C)(C)CC(=O)N(CCN1CCN(C(=O)c2ccccc2Cl)CC1)Cc1ccc(F)cc1. The number of amides is 2. The highest BCUT2D eigenvalue weighted by atomic mass is 35.5. The van der Waals surface area contributed by atoms with Crippen LogP contribution in [-0.4, -0.2) is 65.8 Å². The number of hydrogen-bond donors (Lipinski definition) is 0. The van der Waals surface area contributed by atoms with Gasteiger partial charge in [0.1, 0.15) is 5.82 Å². The molecule has 1 aliphatic heterocycles. The summed E-state index contributed by atoms with van der Waals surface area (Å²) >= 11 is 6.19. The van der Waals surface area contributed by atoms with Crippen molar-refractivity contribution in [2.24, 2.45) is 5.41 Å². The highest BCUT2D eigenvalue weighted by Crippen LogP contribution is 2.21. The van der Waals surface area contributed by atoms with Crippen LogP contribution in [0.4, 0.5) is 4.39 Å². The molecule has 0 unspecified atom stereocenters. The van der Waals surface area contributed by atoms with E-state index in [1.54, 1.807) is 24.3 Å². The maximum atomic E-state index is 13.3. The van der Waals surface area contributed by atoms with Gasteiger partial charge in [0.25, 0.3) is 5.91 Å². The van der Waals surface area contributed by atoms with Crippen molar-refractivity contribution in [2.75, 3.05) is 39.3 Å². The van der Waals surface area contributed by atoms with Gasteiger partial charge in [0.15, 0.2) is 0 Å². The number of nitrogens with zero attached hydrogens (tertiary/aromatic N) is 3. The molecule has 1 fully saturated rings. The van der Waals surface area contributed by atoms with Crippen LogP contribution < -0.4 is 0 Å². The molecule has 33 heavy (non-hydrogen) atoms. The first-order valence-corrected chi connectivity index (χ1v) is 11.8. The molecule has 2 aromatic carbocycles. The molecule has 0 spiro atoms. The van der Waals surface area contributed by atoms with E-state index in [0.717, 1.165) is 25.2 Å². The normalized spacial score (nSPS) is 14.9. The third kappa shape index (κ3) is 7.54.